The Labute approximate surface area is 204 Å². The molecular weight excluding hydrogens is 476 g/mol. The number of nitrogens with one attached hydrogen (secondary N) is 1. The van der Waals surface area contributed by atoms with Gasteiger partial charge in [-0.15, -0.1) is 0 Å². The van der Waals surface area contributed by atoms with Crippen LogP contribution < -0.4 is 10.2 Å². The maximum Gasteiger partial charge on any atom is 0.288 e. The molecular formula is C25H19F2N3O2S2. The summed E-state index contributed by atoms with van der Waals surface area (Å²) in [6, 6.07) is 24.7. The number of halogens is 2. The number of benzene rings is 3. The topological polar surface area (TPSA) is 61.8 Å². The van der Waals surface area contributed by atoms with Crippen LogP contribution in [0.5, 0.6) is 0 Å². The predicted octanol–water partition coefficient (Wildman–Crippen LogP) is 6.12. The number of amides is 2. The molecule has 0 radical (unpaired) electrons. The van der Waals surface area contributed by atoms with E-state index in [0.717, 1.165) is 17.3 Å². The van der Waals surface area contributed by atoms with Crippen molar-refractivity contribution < 1.29 is 18.4 Å². The van der Waals surface area contributed by atoms with E-state index < -0.39 is 5.76 Å². The van der Waals surface area contributed by atoms with Gasteiger partial charge in [0.25, 0.3) is 11.7 Å². The van der Waals surface area contributed by atoms with Crippen molar-refractivity contribution in [2.75, 3.05) is 16.0 Å². The van der Waals surface area contributed by atoms with Gasteiger partial charge in [-0.1, -0.05) is 72.1 Å². The second kappa shape index (κ2) is 11.1. The van der Waals surface area contributed by atoms with Crippen molar-refractivity contribution in [2.45, 2.75) is 10.7 Å². The van der Waals surface area contributed by atoms with Gasteiger partial charge in [-0.25, -0.2) is 4.99 Å². The number of hydrogen-bond donors (Lipinski definition) is 1. The molecule has 1 aliphatic heterocycles. The normalized spacial score (nSPS) is 14.6. The second-order valence-corrected chi connectivity index (χ2v) is 9.06. The third-order valence-electron chi connectivity index (χ3n) is 4.64. The number of thioether (sulfide) groups is 2. The van der Waals surface area contributed by atoms with E-state index in [2.05, 4.69) is 10.3 Å². The van der Waals surface area contributed by atoms with Crippen LogP contribution in [0.15, 0.2) is 101 Å². The summed E-state index contributed by atoms with van der Waals surface area (Å²) in [7, 11) is 0. The lowest BCUT2D eigenvalue weighted by atomic mass is 10.2. The molecule has 0 atom stereocenters. The number of alkyl halides is 2. The molecule has 5 nitrogen and oxygen atoms in total. The molecule has 9 heteroatoms. The molecule has 172 valence electrons. The lowest BCUT2D eigenvalue weighted by Gasteiger charge is -2.17. The number of nitrogens with zero attached hydrogens (tertiary/aromatic N) is 2. The number of carbonyl (C=O) groups excluding carboxylic acids is 2. The first-order valence-corrected chi connectivity index (χ1v) is 12.1. The van der Waals surface area contributed by atoms with Crippen molar-refractivity contribution in [3.63, 3.8) is 0 Å². The molecule has 1 aliphatic rings. The summed E-state index contributed by atoms with van der Waals surface area (Å²) < 4.78 is 24.9. The molecule has 3 aromatic carbocycles. The highest BCUT2D eigenvalue weighted by molar-refractivity contribution is 8.14. The molecule has 0 saturated heterocycles. The van der Waals surface area contributed by atoms with Gasteiger partial charge < -0.3 is 5.32 Å². The SMILES string of the molecule is O=C(CSC1=N/C(=C/c2ccccc2)C(=O)N1c1ccccc1)Nc1ccc(SC(F)F)cc1. The maximum absolute atomic E-state index is 13.1. The molecule has 0 aliphatic carbocycles. The zero-order valence-corrected chi connectivity index (χ0v) is 19.4. The molecule has 0 aromatic heterocycles. The Hall–Kier alpha value is -3.43. The van der Waals surface area contributed by atoms with Gasteiger partial charge in [0, 0.05) is 10.6 Å². The van der Waals surface area contributed by atoms with Gasteiger partial charge in [-0.2, -0.15) is 8.78 Å². The number of amidine groups is 1. The second-order valence-electron chi connectivity index (χ2n) is 7.05. The van der Waals surface area contributed by atoms with Crippen molar-refractivity contribution in [1.29, 1.82) is 0 Å². The standard InChI is InChI=1S/C25H19F2N3O2S2/c26-24(27)34-20-13-11-18(12-14-20)28-22(31)16-33-25-29-21(15-17-7-3-1-4-8-17)23(32)30(25)19-9-5-2-6-10-19/h1-15,24H,16H2,(H,28,31)/b21-15+. The fourth-order valence-corrected chi connectivity index (χ4v) is 4.46. The van der Waals surface area contributed by atoms with Gasteiger partial charge in [0.1, 0.15) is 5.70 Å². The average molecular weight is 496 g/mol. The summed E-state index contributed by atoms with van der Waals surface area (Å²) in [5.74, 6) is -3.06. The molecule has 1 N–H and O–H groups in total. The van der Waals surface area contributed by atoms with Gasteiger partial charge in [-0.05, 0) is 48.0 Å². The Morgan fingerprint density at radius 3 is 2.26 bits per heavy atom. The van der Waals surface area contributed by atoms with Gasteiger partial charge in [0.05, 0.1) is 11.4 Å². The summed E-state index contributed by atoms with van der Waals surface area (Å²) in [6.45, 7) is 0. The Kier molecular flexibility index (Phi) is 7.76. The molecule has 0 unspecified atom stereocenters. The monoisotopic (exact) mass is 495 g/mol. The van der Waals surface area contributed by atoms with Crippen LogP contribution in [0.4, 0.5) is 20.2 Å². The molecule has 34 heavy (non-hydrogen) atoms. The number of rotatable bonds is 7. The Balaban J connectivity index is 1.47. The molecule has 0 spiro atoms. The molecule has 3 aromatic rings. The van der Waals surface area contributed by atoms with Gasteiger partial charge in [-0.3, -0.25) is 14.5 Å². The van der Waals surface area contributed by atoms with Crippen LogP contribution in [0.25, 0.3) is 6.08 Å². The average Bonchev–Trinajstić information content (AvgIpc) is 3.14. The molecule has 0 saturated carbocycles. The Morgan fingerprint density at radius 2 is 1.62 bits per heavy atom. The van der Waals surface area contributed by atoms with Crippen molar-refractivity contribution in [2.24, 2.45) is 4.99 Å². The van der Waals surface area contributed by atoms with E-state index in [1.807, 2.05) is 48.5 Å². The molecule has 4 rings (SSSR count). The maximum atomic E-state index is 13.1. The van der Waals surface area contributed by atoms with Crippen molar-refractivity contribution in [3.8, 4) is 0 Å². The quantitative estimate of drug-likeness (QED) is 0.317. The number of hydrogen-bond acceptors (Lipinski definition) is 5. The number of aliphatic imine (C=N–C) groups is 1. The highest BCUT2D eigenvalue weighted by Gasteiger charge is 2.32. The third-order valence-corrected chi connectivity index (χ3v) is 6.30. The minimum Gasteiger partial charge on any atom is -0.325 e. The summed E-state index contributed by atoms with van der Waals surface area (Å²) >= 11 is 1.59. The van der Waals surface area contributed by atoms with Crippen LogP contribution >= 0.6 is 23.5 Å². The van der Waals surface area contributed by atoms with E-state index in [1.165, 1.54) is 17.0 Å². The van der Waals surface area contributed by atoms with Crippen molar-refractivity contribution in [1.82, 2.24) is 0 Å². The number of para-hydroxylation sites is 1. The molecule has 1 heterocycles. The smallest absolute Gasteiger partial charge is 0.288 e. The fraction of sp³-hybridized carbons (Fsp3) is 0.0800. The van der Waals surface area contributed by atoms with Gasteiger partial charge in [0.2, 0.25) is 5.91 Å². The Morgan fingerprint density at radius 1 is 0.971 bits per heavy atom. The molecule has 2 amide bonds. The zero-order chi connectivity index (χ0) is 23.9. The highest BCUT2D eigenvalue weighted by Crippen LogP contribution is 2.30. The van der Waals surface area contributed by atoms with Crippen LogP contribution in [-0.2, 0) is 9.59 Å². The highest BCUT2D eigenvalue weighted by atomic mass is 32.2. The number of anilines is 2. The first kappa shape index (κ1) is 23.7. The summed E-state index contributed by atoms with van der Waals surface area (Å²) in [4.78, 5) is 32.0. The lowest BCUT2D eigenvalue weighted by Crippen LogP contribution is -2.31. The minimum atomic E-state index is -2.50. The van der Waals surface area contributed by atoms with E-state index in [0.29, 0.717) is 33.2 Å². The van der Waals surface area contributed by atoms with Crippen LogP contribution in [0.1, 0.15) is 5.56 Å². The minimum absolute atomic E-state index is 0.0155. The van der Waals surface area contributed by atoms with Crippen LogP contribution in [0.2, 0.25) is 0 Å². The molecule has 0 fully saturated rings. The van der Waals surface area contributed by atoms with E-state index in [-0.39, 0.29) is 23.3 Å². The van der Waals surface area contributed by atoms with E-state index >= 15 is 0 Å². The summed E-state index contributed by atoms with van der Waals surface area (Å²) in [6.07, 6.45) is 1.71. The largest absolute Gasteiger partial charge is 0.325 e. The van der Waals surface area contributed by atoms with Crippen LogP contribution in [-0.4, -0.2) is 28.5 Å². The fourth-order valence-electron chi connectivity index (χ4n) is 3.15. The van der Waals surface area contributed by atoms with Crippen molar-refractivity contribution >= 4 is 58.0 Å². The van der Waals surface area contributed by atoms with Crippen LogP contribution in [0.3, 0.4) is 0 Å². The predicted molar refractivity (Wildman–Crippen MR) is 135 cm³/mol. The van der Waals surface area contributed by atoms with E-state index in [9.17, 15) is 18.4 Å². The zero-order valence-electron chi connectivity index (χ0n) is 17.7. The first-order valence-electron chi connectivity index (χ1n) is 10.2. The lowest BCUT2D eigenvalue weighted by molar-refractivity contribution is -0.114. The summed E-state index contributed by atoms with van der Waals surface area (Å²) in [5, 5.41) is 3.13. The van der Waals surface area contributed by atoms with Gasteiger partial charge >= 0.3 is 0 Å². The number of carbonyl (C=O) groups is 2. The van der Waals surface area contributed by atoms with Gasteiger partial charge in [0.15, 0.2) is 5.17 Å². The first-order chi connectivity index (χ1) is 16.5. The van der Waals surface area contributed by atoms with Crippen molar-refractivity contribution in [3.05, 3.63) is 96.2 Å². The molecule has 0 bridgehead atoms. The summed E-state index contributed by atoms with van der Waals surface area (Å²) in [5.41, 5.74) is 2.28. The van der Waals surface area contributed by atoms with E-state index in [4.69, 9.17) is 0 Å². The van der Waals surface area contributed by atoms with E-state index in [1.54, 1.807) is 30.3 Å². The Bertz CT molecular complexity index is 1220. The van der Waals surface area contributed by atoms with Crippen LogP contribution in [0, 0.1) is 0 Å². The third kappa shape index (κ3) is 6.12.